The first-order chi connectivity index (χ1) is 12.3. The average molecular weight is 333 g/mol. The van der Waals surface area contributed by atoms with E-state index in [2.05, 4.69) is 62.0 Å². The fourth-order valence-corrected chi connectivity index (χ4v) is 4.23. The van der Waals surface area contributed by atoms with Crippen molar-refractivity contribution in [1.29, 1.82) is 0 Å². The van der Waals surface area contributed by atoms with Gasteiger partial charge in [-0.15, -0.1) is 0 Å². The van der Waals surface area contributed by atoms with Gasteiger partial charge in [-0.25, -0.2) is 0 Å². The summed E-state index contributed by atoms with van der Waals surface area (Å²) in [4.78, 5) is 0. The van der Waals surface area contributed by atoms with Gasteiger partial charge in [0.2, 0.25) is 0 Å². The number of hydrogen-bond acceptors (Lipinski definition) is 0. The van der Waals surface area contributed by atoms with Crippen LogP contribution in [0.2, 0.25) is 0 Å². The fraction of sp³-hybridized carbons (Fsp3) is 0.440. The predicted molar refractivity (Wildman–Crippen MR) is 111 cm³/mol. The normalized spacial score (nSPS) is 20.4. The minimum Gasteiger partial charge on any atom is -0.0985 e. The molecule has 0 saturated heterocycles. The molecule has 1 aliphatic rings. The SMILES string of the molecule is C=Cc1ccc(-c2ccc(C3CCC(CCCCC)CC3)cc2)cc1. The topological polar surface area (TPSA) is 0 Å². The van der Waals surface area contributed by atoms with Crippen molar-refractivity contribution in [2.45, 2.75) is 64.2 Å². The van der Waals surface area contributed by atoms with Gasteiger partial charge in [0, 0.05) is 0 Å². The Morgan fingerprint density at radius 3 is 2.00 bits per heavy atom. The van der Waals surface area contributed by atoms with E-state index in [0.29, 0.717) is 0 Å². The van der Waals surface area contributed by atoms with Crippen LogP contribution in [0.3, 0.4) is 0 Å². The lowest BCUT2D eigenvalue weighted by molar-refractivity contribution is 0.303. The number of benzene rings is 2. The highest BCUT2D eigenvalue weighted by atomic mass is 14.3. The molecule has 0 heterocycles. The lowest BCUT2D eigenvalue weighted by atomic mass is 9.77. The Morgan fingerprint density at radius 1 is 0.840 bits per heavy atom. The lowest BCUT2D eigenvalue weighted by Crippen LogP contribution is -2.13. The van der Waals surface area contributed by atoms with Crippen LogP contribution in [0.25, 0.3) is 17.2 Å². The smallest absolute Gasteiger partial charge is 0.0162 e. The highest BCUT2D eigenvalue weighted by Crippen LogP contribution is 2.38. The van der Waals surface area contributed by atoms with Crippen molar-refractivity contribution < 1.29 is 0 Å². The zero-order valence-corrected chi connectivity index (χ0v) is 15.7. The van der Waals surface area contributed by atoms with Gasteiger partial charge in [-0.3, -0.25) is 0 Å². The van der Waals surface area contributed by atoms with Crippen molar-refractivity contribution in [1.82, 2.24) is 0 Å². The molecule has 0 spiro atoms. The van der Waals surface area contributed by atoms with E-state index in [4.69, 9.17) is 0 Å². The van der Waals surface area contributed by atoms with Crippen LogP contribution in [0, 0.1) is 5.92 Å². The molecule has 2 aromatic rings. The number of hydrogen-bond donors (Lipinski definition) is 0. The minimum absolute atomic E-state index is 0.777. The molecule has 0 aromatic heterocycles. The van der Waals surface area contributed by atoms with Gasteiger partial charge in [0.05, 0.1) is 0 Å². The van der Waals surface area contributed by atoms with Crippen molar-refractivity contribution >= 4 is 6.08 Å². The minimum atomic E-state index is 0.777. The maximum Gasteiger partial charge on any atom is -0.0162 e. The molecule has 132 valence electrons. The first kappa shape index (κ1) is 18.0. The molecule has 25 heavy (non-hydrogen) atoms. The summed E-state index contributed by atoms with van der Waals surface area (Å²) in [6, 6.07) is 18.0. The molecule has 2 aromatic carbocycles. The molecular weight excluding hydrogens is 300 g/mol. The maximum atomic E-state index is 3.82. The predicted octanol–water partition coefficient (Wildman–Crippen LogP) is 7.85. The third kappa shape index (κ3) is 4.84. The van der Waals surface area contributed by atoms with Crippen molar-refractivity contribution in [2.75, 3.05) is 0 Å². The largest absolute Gasteiger partial charge is 0.0985 e. The molecule has 0 nitrogen and oxygen atoms in total. The van der Waals surface area contributed by atoms with Crippen molar-refractivity contribution in [2.24, 2.45) is 5.92 Å². The van der Waals surface area contributed by atoms with Crippen molar-refractivity contribution in [3.8, 4) is 11.1 Å². The van der Waals surface area contributed by atoms with Crippen LogP contribution < -0.4 is 0 Å². The second kappa shape index (κ2) is 9.04. The van der Waals surface area contributed by atoms with Gasteiger partial charge >= 0.3 is 0 Å². The summed E-state index contributed by atoms with van der Waals surface area (Å²) < 4.78 is 0. The molecule has 0 N–H and O–H groups in total. The Hall–Kier alpha value is -1.82. The van der Waals surface area contributed by atoms with Gasteiger partial charge in [-0.2, -0.15) is 0 Å². The van der Waals surface area contributed by atoms with Crippen LogP contribution in [0.4, 0.5) is 0 Å². The molecular formula is C25H32. The van der Waals surface area contributed by atoms with E-state index in [1.807, 2.05) is 6.08 Å². The Labute approximate surface area is 154 Å². The Bertz CT molecular complexity index is 639. The standard InChI is InChI=1S/C25H32/c1-3-5-6-7-21-10-14-23(15-11-21)25-18-16-24(17-19-25)22-12-8-20(4-2)9-13-22/h4,8-9,12-13,16-19,21,23H,2-3,5-7,10-11,14-15H2,1H3. The first-order valence-electron chi connectivity index (χ1n) is 10.1. The molecule has 3 rings (SSSR count). The van der Waals surface area contributed by atoms with Crippen LogP contribution in [-0.4, -0.2) is 0 Å². The molecule has 0 amide bonds. The summed E-state index contributed by atoms with van der Waals surface area (Å²) >= 11 is 0. The molecule has 0 heteroatoms. The van der Waals surface area contributed by atoms with Crippen LogP contribution in [0.1, 0.15) is 75.3 Å². The summed E-state index contributed by atoms with van der Waals surface area (Å²) in [7, 11) is 0. The van der Waals surface area contributed by atoms with Gasteiger partial charge in [0.15, 0.2) is 0 Å². The van der Waals surface area contributed by atoms with E-state index >= 15 is 0 Å². The van der Waals surface area contributed by atoms with E-state index in [1.165, 1.54) is 68.1 Å². The molecule has 0 aliphatic heterocycles. The Balaban J connectivity index is 1.56. The molecule has 1 aliphatic carbocycles. The van der Waals surface area contributed by atoms with Gasteiger partial charge < -0.3 is 0 Å². The molecule has 0 unspecified atom stereocenters. The molecule has 0 atom stereocenters. The third-order valence-electron chi connectivity index (χ3n) is 5.92. The quantitative estimate of drug-likeness (QED) is 0.453. The summed E-state index contributed by atoms with van der Waals surface area (Å²) in [5.74, 6) is 1.77. The van der Waals surface area contributed by atoms with Crippen LogP contribution in [-0.2, 0) is 0 Å². The van der Waals surface area contributed by atoms with Gasteiger partial charge in [-0.05, 0) is 59.8 Å². The third-order valence-corrected chi connectivity index (χ3v) is 5.92. The zero-order chi connectivity index (χ0) is 17.5. The van der Waals surface area contributed by atoms with Crippen LogP contribution in [0.5, 0.6) is 0 Å². The summed E-state index contributed by atoms with van der Waals surface area (Å²) in [5, 5.41) is 0. The fourth-order valence-electron chi connectivity index (χ4n) is 4.23. The van der Waals surface area contributed by atoms with E-state index in [-0.39, 0.29) is 0 Å². The number of unbranched alkanes of at least 4 members (excludes halogenated alkanes) is 2. The van der Waals surface area contributed by atoms with Gasteiger partial charge in [-0.1, -0.05) is 93.8 Å². The number of rotatable bonds is 7. The lowest BCUT2D eigenvalue weighted by Gasteiger charge is -2.29. The summed E-state index contributed by atoms with van der Waals surface area (Å²) in [5.41, 5.74) is 5.32. The van der Waals surface area contributed by atoms with E-state index in [0.717, 1.165) is 11.8 Å². The Morgan fingerprint density at radius 2 is 1.44 bits per heavy atom. The van der Waals surface area contributed by atoms with Gasteiger partial charge in [0.25, 0.3) is 0 Å². The second-order valence-corrected chi connectivity index (χ2v) is 7.66. The maximum absolute atomic E-state index is 3.82. The van der Waals surface area contributed by atoms with Gasteiger partial charge in [0.1, 0.15) is 0 Å². The van der Waals surface area contributed by atoms with Crippen LogP contribution >= 0.6 is 0 Å². The highest BCUT2D eigenvalue weighted by Gasteiger charge is 2.21. The zero-order valence-electron chi connectivity index (χ0n) is 15.7. The summed E-state index contributed by atoms with van der Waals surface area (Å²) in [6.45, 7) is 6.12. The van der Waals surface area contributed by atoms with E-state index in [1.54, 1.807) is 5.56 Å². The molecule has 0 bridgehead atoms. The monoisotopic (exact) mass is 332 g/mol. The Kier molecular flexibility index (Phi) is 6.50. The van der Waals surface area contributed by atoms with Crippen molar-refractivity contribution in [3.05, 3.63) is 66.2 Å². The first-order valence-corrected chi connectivity index (χ1v) is 10.1. The molecule has 0 radical (unpaired) electrons. The van der Waals surface area contributed by atoms with E-state index in [9.17, 15) is 0 Å². The van der Waals surface area contributed by atoms with E-state index < -0.39 is 0 Å². The van der Waals surface area contributed by atoms with Crippen molar-refractivity contribution in [3.63, 3.8) is 0 Å². The molecule has 1 fully saturated rings. The second-order valence-electron chi connectivity index (χ2n) is 7.66. The highest BCUT2D eigenvalue weighted by molar-refractivity contribution is 5.65. The average Bonchev–Trinajstić information content (AvgIpc) is 2.69. The summed E-state index contributed by atoms with van der Waals surface area (Å²) in [6.07, 6.45) is 13.2. The van der Waals surface area contributed by atoms with Crippen LogP contribution in [0.15, 0.2) is 55.1 Å². The molecule has 1 saturated carbocycles.